The number of thioether (sulfide) groups is 1. The zero-order chi connectivity index (χ0) is 10.3. The maximum absolute atomic E-state index is 12.0. The third-order valence-electron chi connectivity index (χ3n) is 3.13. The van der Waals surface area contributed by atoms with E-state index in [1.54, 1.807) is 11.3 Å². The first kappa shape index (κ1) is 9.73. The van der Waals surface area contributed by atoms with E-state index in [0.717, 1.165) is 17.5 Å². The lowest BCUT2D eigenvalue weighted by molar-refractivity contribution is -0.130. The van der Waals surface area contributed by atoms with Gasteiger partial charge >= 0.3 is 0 Å². The number of carbonyl (C=O) groups is 1. The minimum Gasteiger partial charge on any atom is -0.337 e. The minimum atomic E-state index is 0.324. The van der Waals surface area contributed by atoms with Gasteiger partial charge in [0.1, 0.15) is 0 Å². The molecule has 3 heterocycles. The number of hydrogen-bond donors (Lipinski definition) is 0. The van der Waals surface area contributed by atoms with Crippen molar-refractivity contribution in [2.75, 3.05) is 12.3 Å². The van der Waals surface area contributed by atoms with Crippen molar-refractivity contribution < 1.29 is 4.79 Å². The summed E-state index contributed by atoms with van der Waals surface area (Å²) in [5.41, 5.74) is 0. The van der Waals surface area contributed by atoms with Crippen LogP contribution in [0, 0.1) is 0 Å². The molecule has 2 aliphatic heterocycles. The summed E-state index contributed by atoms with van der Waals surface area (Å²) in [6, 6.07) is 4.60. The van der Waals surface area contributed by atoms with Crippen LogP contribution in [0.25, 0.3) is 0 Å². The van der Waals surface area contributed by atoms with Crippen molar-refractivity contribution in [3.8, 4) is 0 Å². The summed E-state index contributed by atoms with van der Waals surface area (Å²) in [6.45, 7) is 0.986. The molecule has 2 nitrogen and oxygen atoms in total. The van der Waals surface area contributed by atoms with Crippen LogP contribution in [0.4, 0.5) is 0 Å². The Morgan fingerprint density at radius 1 is 1.60 bits per heavy atom. The molecule has 1 aromatic heterocycles. The number of thiophene rings is 1. The van der Waals surface area contributed by atoms with Gasteiger partial charge in [0.05, 0.1) is 6.42 Å². The number of rotatable bonds is 2. The first-order chi connectivity index (χ1) is 7.33. The van der Waals surface area contributed by atoms with Gasteiger partial charge in [-0.3, -0.25) is 4.79 Å². The van der Waals surface area contributed by atoms with Crippen LogP contribution >= 0.6 is 23.1 Å². The topological polar surface area (TPSA) is 20.3 Å². The van der Waals surface area contributed by atoms with E-state index in [4.69, 9.17) is 0 Å². The highest BCUT2D eigenvalue weighted by atomic mass is 32.2. The molecule has 80 valence electrons. The second kappa shape index (κ2) is 3.83. The molecular formula is C11H13NOS2. The largest absolute Gasteiger partial charge is 0.337 e. The summed E-state index contributed by atoms with van der Waals surface area (Å²) in [6.07, 6.45) is 1.83. The number of likely N-dealkylation sites (tertiary alicyclic amines) is 1. The molecule has 0 spiro atoms. The van der Waals surface area contributed by atoms with Crippen LogP contribution in [-0.2, 0) is 11.2 Å². The number of carbonyl (C=O) groups excluding carboxylic acids is 1. The minimum absolute atomic E-state index is 0.324. The van der Waals surface area contributed by atoms with Crippen LogP contribution in [0.15, 0.2) is 17.5 Å². The predicted molar refractivity (Wildman–Crippen MR) is 64.4 cm³/mol. The number of nitrogens with zero attached hydrogens (tertiary/aromatic N) is 1. The second-order valence-electron chi connectivity index (χ2n) is 4.15. The molecule has 0 radical (unpaired) electrons. The van der Waals surface area contributed by atoms with E-state index in [9.17, 15) is 4.79 Å². The number of fused-ring (bicyclic) bond motifs is 2. The molecule has 0 aliphatic carbocycles. The lowest BCUT2D eigenvalue weighted by Gasteiger charge is -2.26. The van der Waals surface area contributed by atoms with Gasteiger partial charge in [0.25, 0.3) is 0 Å². The predicted octanol–water partition coefficient (Wildman–Crippen LogP) is 2.01. The Labute approximate surface area is 97.7 Å². The van der Waals surface area contributed by atoms with Gasteiger partial charge in [-0.15, -0.1) is 11.3 Å². The van der Waals surface area contributed by atoms with Gasteiger partial charge in [-0.05, 0) is 17.9 Å². The third-order valence-corrected chi connectivity index (χ3v) is 5.39. The maximum Gasteiger partial charge on any atom is 0.228 e. The molecule has 2 saturated heterocycles. The Balaban J connectivity index is 1.66. The van der Waals surface area contributed by atoms with Crippen LogP contribution in [-0.4, -0.2) is 34.4 Å². The molecule has 1 amide bonds. The fraction of sp³-hybridized carbons (Fsp3) is 0.545. The van der Waals surface area contributed by atoms with Crippen molar-refractivity contribution in [1.29, 1.82) is 0 Å². The van der Waals surface area contributed by atoms with Gasteiger partial charge in [0.15, 0.2) is 0 Å². The van der Waals surface area contributed by atoms with Crippen molar-refractivity contribution in [3.05, 3.63) is 22.4 Å². The van der Waals surface area contributed by atoms with Crippen LogP contribution in [0.1, 0.15) is 11.3 Å². The molecular weight excluding hydrogens is 226 g/mol. The molecule has 0 aromatic carbocycles. The fourth-order valence-electron chi connectivity index (χ4n) is 2.37. The van der Waals surface area contributed by atoms with Gasteiger partial charge in [-0.1, -0.05) is 6.07 Å². The second-order valence-corrected chi connectivity index (χ2v) is 6.51. The first-order valence-corrected chi connectivity index (χ1v) is 7.19. The lowest BCUT2D eigenvalue weighted by atomic mass is 10.2. The highest BCUT2D eigenvalue weighted by Crippen LogP contribution is 2.37. The van der Waals surface area contributed by atoms with Crippen molar-refractivity contribution in [1.82, 2.24) is 4.90 Å². The van der Waals surface area contributed by atoms with Crippen LogP contribution in [0.3, 0.4) is 0 Å². The molecule has 1 aromatic rings. The first-order valence-electron chi connectivity index (χ1n) is 5.26. The highest BCUT2D eigenvalue weighted by Gasteiger charge is 2.40. The Kier molecular flexibility index (Phi) is 2.48. The molecule has 0 saturated carbocycles. The van der Waals surface area contributed by atoms with Gasteiger partial charge in [-0.25, -0.2) is 0 Å². The normalized spacial score (nSPS) is 28.7. The van der Waals surface area contributed by atoms with E-state index in [0.29, 0.717) is 18.4 Å². The zero-order valence-electron chi connectivity index (χ0n) is 8.39. The third kappa shape index (κ3) is 1.81. The summed E-state index contributed by atoms with van der Waals surface area (Å²) < 4.78 is 0. The molecule has 2 fully saturated rings. The standard InChI is InChI=1S/C11H13NOS2/c13-11(5-9-2-1-3-14-9)12-6-10-4-8(12)7-15-10/h1-3,8,10H,4-7H2. The fourth-order valence-corrected chi connectivity index (χ4v) is 4.50. The van der Waals surface area contributed by atoms with Gasteiger partial charge in [0, 0.05) is 28.5 Å². The Hall–Kier alpha value is -0.480. The van der Waals surface area contributed by atoms with Crippen molar-refractivity contribution in [2.45, 2.75) is 24.1 Å². The molecule has 2 atom stereocenters. The van der Waals surface area contributed by atoms with Crippen LogP contribution in [0.2, 0.25) is 0 Å². The summed E-state index contributed by atoms with van der Waals surface area (Å²) in [5.74, 6) is 1.48. The van der Waals surface area contributed by atoms with Crippen molar-refractivity contribution in [3.63, 3.8) is 0 Å². The van der Waals surface area contributed by atoms with E-state index in [1.165, 1.54) is 11.3 Å². The molecule has 2 unspecified atom stereocenters. The summed E-state index contributed by atoms with van der Waals surface area (Å²) in [7, 11) is 0. The quantitative estimate of drug-likeness (QED) is 0.787. The lowest BCUT2D eigenvalue weighted by Crippen LogP contribution is -2.39. The molecule has 4 heteroatoms. The van der Waals surface area contributed by atoms with Gasteiger partial charge < -0.3 is 4.90 Å². The maximum atomic E-state index is 12.0. The van der Waals surface area contributed by atoms with E-state index in [2.05, 4.69) is 4.90 Å². The average Bonchev–Trinajstić information content (AvgIpc) is 2.93. The average molecular weight is 239 g/mol. The van der Waals surface area contributed by atoms with E-state index < -0.39 is 0 Å². The smallest absolute Gasteiger partial charge is 0.228 e. The Morgan fingerprint density at radius 2 is 2.53 bits per heavy atom. The molecule has 3 rings (SSSR count). The number of amides is 1. The summed E-state index contributed by atoms with van der Waals surface area (Å²) in [5, 5.41) is 2.76. The summed E-state index contributed by atoms with van der Waals surface area (Å²) >= 11 is 3.71. The number of hydrogen-bond acceptors (Lipinski definition) is 3. The van der Waals surface area contributed by atoms with Crippen molar-refractivity contribution in [2.24, 2.45) is 0 Å². The molecule has 15 heavy (non-hydrogen) atoms. The zero-order valence-corrected chi connectivity index (χ0v) is 10.0. The van der Waals surface area contributed by atoms with Crippen molar-refractivity contribution >= 4 is 29.0 Å². The van der Waals surface area contributed by atoms with Gasteiger partial charge in [-0.2, -0.15) is 11.8 Å². The van der Waals surface area contributed by atoms with E-state index in [-0.39, 0.29) is 0 Å². The molecule has 2 aliphatic rings. The monoisotopic (exact) mass is 239 g/mol. The van der Waals surface area contributed by atoms with E-state index >= 15 is 0 Å². The van der Waals surface area contributed by atoms with Crippen LogP contribution in [0.5, 0.6) is 0 Å². The SMILES string of the molecule is O=C(Cc1cccs1)N1CC2CC1CS2. The Morgan fingerprint density at radius 3 is 3.13 bits per heavy atom. The Bertz CT molecular complexity index is 363. The summed E-state index contributed by atoms with van der Waals surface area (Å²) in [4.78, 5) is 15.3. The van der Waals surface area contributed by atoms with Gasteiger partial charge in [0.2, 0.25) is 5.91 Å². The van der Waals surface area contributed by atoms with E-state index in [1.807, 2.05) is 29.3 Å². The van der Waals surface area contributed by atoms with Crippen LogP contribution < -0.4 is 0 Å². The molecule has 0 N–H and O–H groups in total. The molecule has 2 bridgehead atoms. The highest BCUT2D eigenvalue weighted by molar-refractivity contribution is 8.00.